The molecule has 162 valence electrons. The number of halogens is 3. The lowest BCUT2D eigenvalue weighted by Gasteiger charge is -2.12. The Morgan fingerprint density at radius 3 is 2.10 bits per heavy atom. The van der Waals surface area contributed by atoms with Crippen molar-refractivity contribution in [3.63, 3.8) is 0 Å². The third kappa shape index (κ3) is 5.34. The van der Waals surface area contributed by atoms with Crippen LogP contribution in [-0.4, -0.2) is 21.4 Å². The highest BCUT2D eigenvalue weighted by Gasteiger charge is 2.30. The normalized spacial score (nSPS) is 11.6. The Hall–Kier alpha value is -3.53. The van der Waals surface area contributed by atoms with Crippen LogP contribution >= 0.6 is 0 Å². The minimum Gasteiger partial charge on any atom is -0.495 e. The molecular formula is C21H17F3N2O4S. The fourth-order valence-corrected chi connectivity index (χ4v) is 3.73. The topological polar surface area (TPSA) is 84.5 Å². The van der Waals surface area contributed by atoms with E-state index in [1.807, 2.05) is 0 Å². The van der Waals surface area contributed by atoms with E-state index < -0.39 is 27.7 Å². The van der Waals surface area contributed by atoms with Crippen molar-refractivity contribution in [2.75, 3.05) is 17.1 Å². The lowest BCUT2D eigenvalue weighted by molar-refractivity contribution is -0.137. The van der Waals surface area contributed by atoms with Crippen molar-refractivity contribution in [1.29, 1.82) is 0 Å². The van der Waals surface area contributed by atoms with Gasteiger partial charge in [0.15, 0.2) is 0 Å². The number of anilines is 2. The van der Waals surface area contributed by atoms with Gasteiger partial charge in [-0.2, -0.15) is 13.2 Å². The summed E-state index contributed by atoms with van der Waals surface area (Å²) >= 11 is 0. The summed E-state index contributed by atoms with van der Waals surface area (Å²) in [5, 5.41) is 2.46. The second kappa shape index (κ2) is 8.68. The number of nitrogens with one attached hydrogen (secondary N) is 2. The van der Waals surface area contributed by atoms with Gasteiger partial charge in [0.05, 0.1) is 23.3 Å². The highest BCUT2D eigenvalue weighted by Crippen LogP contribution is 2.30. The number of rotatable bonds is 6. The Balaban J connectivity index is 1.72. The van der Waals surface area contributed by atoms with Crippen LogP contribution in [0.15, 0.2) is 77.7 Å². The zero-order chi connectivity index (χ0) is 22.6. The molecule has 3 rings (SSSR count). The summed E-state index contributed by atoms with van der Waals surface area (Å²) in [7, 11) is -2.52. The van der Waals surface area contributed by atoms with Crippen molar-refractivity contribution >= 4 is 27.3 Å². The lowest BCUT2D eigenvalue weighted by atomic mass is 10.2. The quantitative estimate of drug-likeness (QED) is 0.567. The molecule has 31 heavy (non-hydrogen) atoms. The van der Waals surface area contributed by atoms with E-state index in [2.05, 4.69) is 10.0 Å². The third-order valence-electron chi connectivity index (χ3n) is 4.25. The number of ether oxygens (including phenoxy) is 1. The third-order valence-corrected chi connectivity index (χ3v) is 5.63. The number of para-hydroxylation sites is 2. The van der Waals surface area contributed by atoms with Crippen LogP contribution in [0.3, 0.4) is 0 Å². The van der Waals surface area contributed by atoms with Crippen molar-refractivity contribution in [3.8, 4) is 5.75 Å². The summed E-state index contributed by atoms with van der Waals surface area (Å²) in [6.45, 7) is 0. The number of sulfonamides is 1. The van der Waals surface area contributed by atoms with Gasteiger partial charge in [0.1, 0.15) is 5.75 Å². The number of carbonyl (C=O) groups is 1. The standard InChI is InChI=1S/C21H17F3N2O4S/c1-30-19-5-3-2-4-18(19)26-31(28,29)17-12-6-14(7-13-17)20(27)25-16-10-8-15(9-11-16)21(22,23)24/h2-13,26H,1H3,(H,25,27). The van der Waals surface area contributed by atoms with Crippen LogP contribution in [0.4, 0.5) is 24.5 Å². The molecule has 0 spiro atoms. The first-order chi connectivity index (χ1) is 14.6. The molecule has 3 aromatic carbocycles. The molecule has 0 fully saturated rings. The van der Waals surface area contributed by atoms with Crippen LogP contribution < -0.4 is 14.8 Å². The summed E-state index contributed by atoms with van der Waals surface area (Å²) < 4.78 is 70.6. The summed E-state index contributed by atoms with van der Waals surface area (Å²) in [6, 6.07) is 15.6. The number of hydrogen-bond acceptors (Lipinski definition) is 4. The minimum absolute atomic E-state index is 0.0792. The fraction of sp³-hybridized carbons (Fsp3) is 0.0952. The Labute approximate surface area is 176 Å². The first-order valence-electron chi connectivity index (χ1n) is 8.85. The van der Waals surface area contributed by atoms with E-state index in [0.29, 0.717) is 5.75 Å². The Morgan fingerprint density at radius 2 is 1.52 bits per heavy atom. The molecule has 0 saturated heterocycles. The van der Waals surface area contributed by atoms with Gasteiger partial charge >= 0.3 is 6.18 Å². The number of benzene rings is 3. The number of methoxy groups -OCH3 is 1. The van der Waals surface area contributed by atoms with Crippen molar-refractivity contribution in [2.45, 2.75) is 11.1 Å². The molecule has 2 N–H and O–H groups in total. The zero-order valence-corrected chi connectivity index (χ0v) is 16.9. The number of hydrogen-bond donors (Lipinski definition) is 2. The van der Waals surface area contributed by atoms with Gasteiger partial charge in [-0.25, -0.2) is 8.42 Å². The van der Waals surface area contributed by atoms with Gasteiger partial charge in [0, 0.05) is 11.3 Å². The van der Waals surface area contributed by atoms with Crippen LogP contribution in [0.5, 0.6) is 5.75 Å². The monoisotopic (exact) mass is 450 g/mol. The van der Waals surface area contributed by atoms with Crippen LogP contribution in [0.2, 0.25) is 0 Å². The molecule has 0 saturated carbocycles. The molecule has 10 heteroatoms. The molecule has 0 aliphatic carbocycles. The van der Waals surface area contributed by atoms with Gasteiger partial charge in [-0.05, 0) is 60.7 Å². The summed E-state index contributed by atoms with van der Waals surface area (Å²) in [5.74, 6) is -0.250. The molecule has 0 aromatic heterocycles. The maximum atomic E-state index is 12.6. The highest BCUT2D eigenvalue weighted by atomic mass is 32.2. The van der Waals surface area contributed by atoms with Crippen LogP contribution in [0, 0.1) is 0 Å². The van der Waals surface area contributed by atoms with Crippen molar-refractivity contribution in [2.24, 2.45) is 0 Å². The second-order valence-corrected chi connectivity index (χ2v) is 8.04. The molecule has 0 radical (unpaired) electrons. The average Bonchev–Trinajstić information content (AvgIpc) is 2.73. The number of alkyl halides is 3. The van der Waals surface area contributed by atoms with E-state index >= 15 is 0 Å². The molecule has 1 amide bonds. The molecule has 0 atom stereocenters. The fourth-order valence-electron chi connectivity index (χ4n) is 2.66. The zero-order valence-electron chi connectivity index (χ0n) is 16.1. The summed E-state index contributed by atoms with van der Waals surface area (Å²) in [5.41, 5.74) is -0.264. The van der Waals surface area contributed by atoms with E-state index in [0.717, 1.165) is 24.3 Å². The molecule has 0 aliphatic rings. The first kappa shape index (κ1) is 22.2. The van der Waals surface area contributed by atoms with E-state index in [4.69, 9.17) is 4.74 Å². The largest absolute Gasteiger partial charge is 0.495 e. The van der Waals surface area contributed by atoms with E-state index in [1.165, 1.54) is 31.4 Å². The minimum atomic E-state index is -4.47. The Morgan fingerprint density at radius 1 is 0.903 bits per heavy atom. The Kier molecular flexibility index (Phi) is 6.21. The molecule has 0 heterocycles. The molecule has 0 unspecified atom stereocenters. The molecule has 0 bridgehead atoms. The van der Waals surface area contributed by atoms with Gasteiger partial charge in [-0.1, -0.05) is 12.1 Å². The van der Waals surface area contributed by atoms with Crippen molar-refractivity contribution in [3.05, 3.63) is 83.9 Å². The van der Waals surface area contributed by atoms with Gasteiger partial charge in [0.25, 0.3) is 15.9 Å². The molecule has 6 nitrogen and oxygen atoms in total. The summed E-state index contributed by atoms with van der Waals surface area (Å²) in [6.07, 6.45) is -4.47. The summed E-state index contributed by atoms with van der Waals surface area (Å²) in [4.78, 5) is 12.2. The maximum absolute atomic E-state index is 12.6. The Bertz CT molecular complexity index is 1180. The SMILES string of the molecule is COc1ccccc1NS(=O)(=O)c1ccc(C(=O)Nc2ccc(C(F)(F)F)cc2)cc1. The maximum Gasteiger partial charge on any atom is 0.416 e. The number of amides is 1. The second-order valence-electron chi connectivity index (χ2n) is 6.36. The predicted molar refractivity (Wildman–Crippen MR) is 110 cm³/mol. The van der Waals surface area contributed by atoms with Gasteiger partial charge in [0.2, 0.25) is 0 Å². The van der Waals surface area contributed by atoms with Crippen LogP contribution in [0.25, 0.3) is 0 Å². The van der Waals surface area contributed by atoms with Gasteiger partial charge < -0.3 is 10.1 Å². The molecular weight excluding hydrogens is 433 g/mol. The van der Waals surface area contributed by atoms with E-state index in [9.17, 15) is 26.4 Å². The highest BCUT2D eigenvalue weighted by molar-refractivity contribution is 7.92. The van der Waals surface area contributed by atoms with Crippen LogP contribution in [-0.2, 0) is 16.2 Å². The molecule has 3 aromatic rings. The van der Waals surface area contributed by atoms with Gasteiger partial charge in [-0.3, -0.25) is 9.52 Å². The first-order valence-corrected chi connectivity index (χ1v) is 10.3. The number of carbonyl (C=O) groups excluding carboxylic acids is 1. The molecule has 0 aliphatic heterocycles. The van der Waals surface area contributed by atoms with Gasteiger partial charge in [-0.15, -0.1) is 0 Å². The lowest BCUT2D eigenvalue weighted by Crippen LogP contribution is -2.15. The van der Waals surface area contributed by atoms with Crippen molar-refractivity contribution in [1.82, 2.24) is 0 Å². The van der Waals surface area contributed by atoms with E-state index in [-0.39, 0.29) is 21.8 Å². The van der Waals surface area contributed by atoms with Crippen LogP contribution in [0.1, 0.15) is 15.9 Å². The van der Waals surface area contributed by atoms with E-state index in [1.54, 1.807) is 24.3 Å². The smallest absolute Gasteiger partial charge is 0.416 e. The predicted octanol–water partition coefficient (Wildman–Crippen LogP) is 4.77. The van der Waals surface area contributed by atoms with Crippen molar-refractivity contribution < 1.29 is 31.1 Å². The average molecular weight is 450 g/mol.